The number of rotatable bonds is 3. The van der Waals surface area contributed by atoms with Crippen LogP contribution in [0.4, 0.5) is 0 Å². The van der Waals surface area contributed by atoms with E-state index in [1.54, 1.807) is 0 Å². The summed E-state index contributed by atoms with van der Waals surface area (Å²) in [7, 11) is 0. The quantitative estimate of drug-likeness (QED) is 0.816. The second-order valence-electron chi connectivity index (χ2n) is 5.65. The molecule has 0 heterocycles. The third kappa shape index (κ3) is 3.41. The lowest BCUT2D eigenvalue weighted by atomic mass is 9.78. The van der Waals surface area contributed by atoms with Gasteiger partial charge < -0.3 is 5.73 Å². The van der Waals surface area contributed by atoms with Crippen LogP contribution in [0, 0.1) is 11.8 Å². The summed E-state index contributed by atoms with van der Waals surface area (Å²) in [6.07, 6.45) is 12.5. The number of carbonyl (C=O) groups excluding carboxylic acids is 1. The predicted molar refractivity (Wildman–Crippen MR) is 70.7 cm³/mol. The lowest BCUT2D eigenvalue weighted by molar-refractivity contribution is -0.120. The zero-order chi connectivity index (χ0) is 12.1. The molecule has 2 nitrogen and oxygen atoms in total. The van der Waals surface area contributed by atoms with Crippen LogP contribution in [0.15, 0.2) is 11.6 Å². The summed E-state index contributed by atoms with van der Waals surface area (Å²) in [5.74, 6) is 1.44. The standard InChI is InChI=1S/C15H25NO/c16-11-12-7-9-14(10-8-12)15(17)13-5-3-1-2-4-6-13/h5,12,14H,1-4,6-11,16H2. The van der Waals surface area contributed by atoms with Crippen molar-refractivity contribution in [3.8, 4) is 0 Å². The smallest absolute Gasteiger partial charge is 0.161 e. The number of carbonyl (C=O) groups is 1. The average molecular weight is 235 g/mol. The van der Waals surface area contributed by atoms with E-state index in [1.165, 1.54) is 19.3 Å². The van der Waals surface area contributed by atoms with Crippen molar-refractivity contribution in [1.29, 1.82) is 0 Å². The molecule has 17 heavy (non-hydrogen) atoms. The molecule has 0 aromatic rings. The van der Waals surface area contributed by atoms with Gasteiger partial charge in [0.05, 0.1) is 0 Å². The highest BCUT2D eigenvalue weighted by Crippen LogP contribution is 2.32. The number of hydrogen-bond acceptors (Lipinski definition) is 2. The first-order chi connectivity index (χ1) is 8.31. The molecular formula is C15H25NO. The predicted octanol–water partition coefficient (Wildman–Crippen LogP) is 3.21. The van der Waals surface area contributed by atoms with Crippen LogP contribution in [0.3, 0.4) is 0 Å². The zero-order valence-corrected chi connectivity index (χ0v) is 10.8. The molecular weight excluding hydrogens is 210 g/mol. The summed E-state index contributed by atoms with van der Waals surface area (Å²) >= 11 is 0. The van der Waals surface area contributed by atoms with E-state index in [-0.39, 0.29) is 0 Å². The van der Waals surface area contributed by atoms with Crippen LogP contribution in [0.5, 0.6) is 0 Å². The SMILES string of the molecule is NCC1CCC(C(=O)C2=CCCCCC2)CC1. The molecule has 0 atom stereocenters. The van der Waals surface area contributed by atoms with E-state index < -0.39 is 0 Å². The highest BCUT2D eigenvalue weighted by Gasteiger charge is 2.27. The van der Waals surface area contributed by atoms with Crippen molar-refractivity contribution in [2.24, 2.45) is 17.6 Å². The molecule has 0 aromatic carbocycles. The van der Waals surface area contributed by atoms with Gasteiger partial charge in [0, 0.05) is 5.92 Å². The molecule has 0 aliphatic heterocycles. The van der Waals surface area contributed by atoms with Crippen LogP contribution in [0.1, 0.15) is 57.8 Å². The molecule has 2 aliphatic carbocycles. The number of nitrogens with two attached hydrogens (primary N) is 1. The fourth-order valence-corrected chi connectivity index (χ4v) is 3.16. The van der Waals surface area contributed by atoms with E-state index in [4.69, 9.17) is 5.73 Å². The third-order valence-corrected chi connectivity index (χ3v) is 4.41. The van der Waals surface area contributed by atoms with E-state index in [1.807, 2.05) is 0 Å². The monoisotopic (exact) mass is 235 g/mol. The van der Waals surface area contributed by atoms with Crippen LogP contribution in [0.2, 0.25) is 0 Å². The third-order valence-electron chi connectivity index (χ3n) is 4.41. The lowest BCUT2D eigenvalue weighted by Crippen LogP contribution is -2.26. The van der Waals surface area contributed by atoms with Crippen LogP contribution >= 0.6 is 0 Å². The molecule has 0 unspecified atom stereocenters. The molecule has 2 heteroatoms. The van der Waals surface area contributed by atoms with E-state index in [0.29, 0.717) is 17.6 Å². The minimum absolute atomic E-state index is 0.308. The second kappa shape index (κ2) is 6.34. The Bertz CT molecular complexity index is 287. The Hall–Kier alpha value is -0.630. The normalized spacial score (nSPS) is 30.5. The molecule has 2 rings (SSSR count). The van der Waals surface area contributed by atoms with Gasteiger partial charge in [0.2, 0.25) is 0 Å². The highest BCUT2D eigenvalue weighted by molar-refractivity contribution is 5.97. The second-order valence-corrected chi connectivity index (χ2v) is 5.65. The first-order valence-corrected chi connectivity index (χ1v) is 7.24. The van der Waals surface area contributed by atoms with Crippen molar-refractivity contribution in [3.05, 3.63) is 11.6 Å². The zero-order valence-electron chi connectivity index (χ0n) is 10.8. The largest absolute Gasteiger partial charge is 0.330 e. The minimum atomic E-state index is 0.308. The Labute approximate surface area is 105 Å². The van der Waals surface area contributed by atoms with E-state index in [0.717, 1.165) is 50.6 Å². The maximum Gasteiger partial charge on any atom is 0.161 e. The Balaban J connectivity index is 1.89. The molecule has 2 aliphatic rings. The van der Waals surface area contributed by atoms with Crippen molar-refractivity contribution in [3.63, 3.8) is 0 Å². The highest BCUT2D eigenvalue weighted by atomic mass is 16.1. The molecule has 0 bridgehead atoms. The van der Waals surface area contributed by atoms with Crippen LogP contribution in [-0.2, 0) is 4.79 Å². The number of Topliss-reactive ketones (excluding diaryl/α,β-unsaturated/α-hetero) is 1. The summed E-state index contributed by atoms with van der Waals surface area (Å²) in [5.41, 5.74) is 6.83. The fourth-order valence-electron chi connectivity index (χ4n) is 3.16. The Morgan fingerprint density at radius 2 is 1.94 bits per heavy atom. The van der Waals surface area contributed by atoms with Crippen LogP contribution < -0.4 is 5.73 Å². The van der Waals surface area contributed by atoms with Gasteiger partial charge >= 0.3 is 0 Å². The molecule has 1 fully saturated rings. The number of allylic oxidation sites excluding steroid dienone is 2. The van der Waals surface area contributed by atoms with Gasteiger partial charge in [0.25, 0.3) is 0 Å². The Kier molecular flexibility index (Phi) is 4.78. The van der Waals surface area contributed by atoms with Gasteiger partial charge in [-0.15, -0.1) is 0 Å². The van der Waals surface area contributed by atoms with Gasteiger partial charge in [-0.25, -0.2) is 0 Å². The number of ketones is 1. The van der Waals surface area contributed by atoms with Crippen LogP contribution in [0.25, 0.3) is 0 Å². The summed E-state index contributed by atoms with van der Waals surface area (Å²) in [4.78, 5) is 12.4. The first-order valence-electron chi connectivity index (χ1n) is 7.24. The molecule has 96 valence electrons. The molecule has 2 N–H and O–H groups in total. The summed E-state index contributed by atoms with van der Waals surface area (Å²) in [6, 6.07) is 0. The van der Waals surface area contributed by atoms with Crippen molar-refractivity contribution in [2.75, 3.05) is 6.54 Å². The molecule has 1 saturated carbocycles. The van der Waals surface area contributed by atoms with Crippen molar-refractivity contribution >= 4 is 5.78 Å². The van der Waals surface area contributed by atoms with Crippen molar-refractivity contribution in [2.45, 2.75) is 57.8 Å². The van der Waals surface area contributed by atoms with Gasteiger partial charge in [0.1, 0.15) is 0 Å². The molecule has 0 saturated heterocycles. The van der Waals surface area contributed by atoms with Crippen LogP contribution in [-0.4, -0.2) is 12.3 Å². The molecule has 0 spiro atoms. The van der Waals surface area contributed by atoms with Crippen molar-refractivity contribution < 1.29 is 4.79 Å². The number of hydrogen-bond donors (Lipinski definition) is 1. The molecule has 0 aromatic heterocycles. The fraction of sp³-hybridized carbons (Fsp3) is 0.800. The maximum absolute atomic E-state index is 12.4. The average Bonchev–Trinajstić information content (AvgIpc) is 2.67. The van der Waals surface area contributed by atoms with E-state index in [2.05, 4.69) is 6.08 Å². The van der Waals surface area contributed by atoms with E-state index >= 15 is 0 Å². The topological polar surface area (TPSA) is 43.1 Å². The minimum Gasteiger partial charge on any atom is -0.330 e. The van der Waals surface area contributed by atoms with Gasteiger partial charge in [-0.05, 0) is 69.4 Å². The lowest BCUT2D eigenvalue weighted by Gasteiger charge is -2.27. The van der Waals surface area contributed by atoms with Crippen molar-refractivity contribution in [1.82, 2.24) is 0 Å². The summed E-state index contributed by atoms with van der Waals surface area (Å²) in [5, 5.41) is 0. The summed E-state index contributed by atoms with van der Waals surface area (Å²) < 4.78 is 0. The van der Waals surface area contributed by atoms with Gasteiger partial charge in [-0.1, -0.05) is 12.5 Å². The first kappa shape index (κ1) is 12.8. The summed E-state index contributed by atoms with van der Waals surface area (Å²) in [6.45, 7) is 0.795. The van der Waals surface area contributed by atoms with Gasteiger partial charge in [-0.2, -0.15) is 0 Å². The Morgan fingerprint density at radius 1 is 1.18 bits per heavy atom. The molecule has 0 amide bonds. The van der Waals surface area contributed by atoms with Gasteiger partial charge in [-0.3, -0.25) is 4.79 Å². The van der Waals surface area contributed by atoms with Gasteiger partial charge in [0.15, 0.2) is 5.78 Å². The van der Waals surface area contributed by atoms with E-state index in [9.17, 15) is 4.79 Å². The Morgan fingerprint density at radius 3 is 2.65 bits per heavy atom. The maximum atomic E-state index is 12.4. The molecule has 0 radical (unpaired) electrons.